The smallest absolute Gasteiger partial charge is 0.197 e. The van der Waals surface area contributed by atoms with E-state index in [2.05, 4.69) is 15.9 Å². The Morgan fingerprint density at radius 3 is 2.19 bits per heavy atom. The van der Waals surface area contributed by atoms with Crippen LogP contribution >= 0.6 is 27.5 Å². The van der Waals surface area contributed by atoms with Crippen LogP contribution in [0.15, 0.2) is 46.4 Å². The Kier molecular flexibility index (Phi) is 3.43. The lowest BCUT2D eigenvalue weighted by Crippen LogP contribution is -2.00. The summed E-state index contributed by atoms with van der Waals surface area (Å²) in [5.41, 5.74) is 1.11. The van der Waals surface area contributed by atoms with Crippen molar-refractivity contribution < 1.29 is 14.7 Å². The number of carbonyl (C=O) groups excluding carboxylic acids is 2. The highest BCUT2D eigenvalue weighted by atomic mass is 79.9. The van der Waals surface area contributed by atoms with Crippen LogP contribution in [0.5, 0.6) is 5.75 Å². The van der Waals surface area contributed by atoms with Crippen molar-refractivity contribution in [2.75, 3.05) is 0 Å². The number of aromatic hydroxyl groups is 1. The molecule has 0 spiro atoms. The van der Waals surface area contributed by atoms with Gasteiger partial charge in [0.15, 0.2) is 11.6 Å². The summed E-state index contributed by atoms with van der Waals surface area (Å²) >= 11 is 9.10. The Labute approximate surface area is 134 Å². The predicted octanol–water partition coefficient (Wildman–Crippen LogP) is 4.27. The quantitative estimate of drug-likeness (QED) is 0.608. The van der Waals surface area contributed by atoms with Gasteiger partial charge in [-0.1, -0.05) is 35.9 Å². The van der Waals surface area contributed by atoms with Crippen LogP contribution in [0.2, 0.25) is 5.02 Å². The van der Waals surface area contributed by atoms with Crippen molar-refractivity contribution in [2.45, 2.75) is 0 Å². The van der Waals surface area contributed by atoms with Crippen molar-refractivity contribution in [2.24, 2.45) is 0 Å². The molecule has 1 N–H and O–H groups in total. The molecule has 21 heavy (non-hydrogen) atoms. The maximum Gasteiger partial charge on any atom is 0.197 e. The number of rotatable bonds is 1. The maximum absolute atomic E-state index is 12.3. The van der Waals surface area contributed by atoms with E-state index in [-0.39, 0.29) is 22.9 Å². The van der Waals surface area contributed by atoms with Crippen molar-refractivity contribution in [1.29, 1.82) is 0 Å². The van der Waals surface area contributed by atoms with Crippen LogP contribution in [0.1, 0.15) is 26.3 Å². The Morgan fingerprint density at radius 2 is 1.62 bits per heavy atom. The van der Waals surface area contributed by atoms with Crippen molar-refractivity contribution in [3.8, 4) is 5.75 Å². The topological polar surface area (TPSA) is 54.4 Å². The number of allylic oxidation sites excluding steroid dienone is 1. The molecular formula is C16H8BrClO3. The molecule has 0 aliphatic heterocycles. The maximum atomic E-state index is 12.3. The number of hydrogen-bond acceptors (Lipinski definition) is 3. The summed E-state index contributed by atoms with van der Waals surface area (Å²) in [7, 11) is 0. The molecule has 0 atom stereocenters. The third-order valence-corrected chi connectivity index (χ3v) is 4.09. The molecule has 0 fully saturated rings. The normalized spacial score (nSPS) is 13.5. The standard InChI is InChI=1S/C16H8BrClO3/c17-13-7-9(18)5-8(14(13)19)6-12-15(20)10-3-1-2-4-11(10)16(12)21/h1-7,19H. The molecule has 3 rings (SSSR count). The molecular weight excluding hydrogens is 356 g/mol. The number of fused-ring (bicyclic) bond motifs is 1. The van der Waals surface area contributed by atoms with Gasteiger partial charge in [-0.15, -0.1) is 0 Å². The van der Waals surface area contributed by atoms with Crippen LogP contribution in [-0.2, 0) is 0 Å². The van der Waals surface area contributed by atoms with Gasteiger partial charge < -0.3 is 5.11 Å². The van der Waals surface area contributed by atoms with E-state index in [1.54, 1.807) is 24.3 Å². The Hall–Kier alpha value is -1.91. The minimum Gasteiger partial charge on any atom is -0.506 e. The SMILES string of the molecule is O=C1C(=Cc2cc(Cl)cc(Br)c2O)C(=O)c2ccccc21. The largest absolute Gasteiger partial charge is 0.506 e. The molecule has 1 aliphatic carbocycles. The fourth-order valence-electron chi connectivity index (χ4n) is 2.25. The number of ketones is 2. The molecule has 2 aromatic rings. The summed E-state index contributed by atoms with van der Waals surface area (Å²) in [6.07, 6.45) is 1.37. The summed E-state index contributed by atoms with van der Waals surface area (Å²) in [6.45, 7) is 0. The average molecular weight is 364 g/mol. The molecule has 0 saturated heterocycles. The van der Waals surface area contributed by atoms with E-state index in [1.807, 2.05) is 0 Å². The Bertz CT molecular complexity index is 787. The second-order valence-electron chi connectivity index (χ2n) is 4.59. The van der Waals surface area contributed by atoms with Gasteiger partial charge in [-0.2, -0.15) is 0 Å². The van der Waals surface area contributed by atoms with Crippen LogP contribution in [0.3, 0.4) is 0 Å². The van der Waals surface area contributed by atoms with Gasteiger partial charge in [0, 0.05) is 21.7 Å². The molecule has 0 heterocycles. The fraction of sp³-hybridized carbons (Fsp3) is 0. The lowest BCUT2D eigenvalue weighted by atomic mass is 10.1. The van der Waals surface area contributed by atoms with Gasteiger partial charge in [0.05, 0.1) is 10.0 Å². The Balaban J connectivity index is 2.15. The van der Waals surface area contributed by atoms with Gasteiger partial charge >= 0.3 is 0 Å². The van der Waals surface area contributed by atoms with E-state index in [0.717, 1.165) is 0 Å². The molecule has 0 radical (unpaired) electrons. The van der Waals surface area contributed by atoms with Gasteiger partial charge in [-0.3, -0.25) is 9.59 Å². The first-order valence-electron chi connectivity index (χ1n) is 6.07. The lowest BCUT2D eigenvalue weighted by Gasteiger charge is -2.04. The molecule has 1 aliphatic rings. The summed E-state index contributed by atoms with van der Waals surface area (Å²) in [5.74, 6) is -0.749. The van der Waals surface area contributed by atoms with E-state index in [1.165, 1.54) is 18.2 Å². The zero-order chi connectivity index (χ0) is 15.1. The van der Waals surface area contributed by atoms with E-state index in [9.17, 15) is 14.7 Å². The van der Waals surface area contributed by atoms with Gasteiger partial charge in [0.1, 0.15) is 5.75 Å². The number of halogens is 2. The molecule has 104 valence electrons. The lowest BCUT2D eigenvalue weighted by molar-refractivity contribution is 0.0990. The predicted molar refractivity (Wildman–Crippen MR) is 83.9 cm³/mol. The highest BCUT2D eigenvalue weighted by Gasteiger charge is 2.32. The highest BCUT2D eigenvalue weighted by molar-refractivity contribution is 9.10. The van der Waals surface area contributed by atoms with Gasteiger partial charge in [-0.25, -0.2) is 0 Å². The number of carbonyl (C=O) groups is 2. The fourth-order valence-corrected chi connectivity index (χ4v) is 3.09. The monoisotopic (exact) mass is 362 g/mol. The van der Waals surface area contributed by atoms with Crippen LogP contribution in [0.25, 0.3) is 6.08 Å². The summed E-state index contributed by atoms with van der Waals surface area (Å²) < 4.78 is 0.400. The third kappa shape index (κ3) is 2.30. The molecule has 0 bridgehead atoms. The summed E-state index contributed by atoms with van der Waals surface area (Å²) in [5, 5.41) is 10.4. The van der Waals surface area contributed by atoms with Gasteiger partial charge in [0.2, 0.25) is 0 Å². The van der Waals surface area contributed by atoms with Gasteiger partial charge in [-0.05, 0) is 34.1 Å². The molecule has 0 aromatic heterocycles. The van der Waals surface area contributed by atoms with E-state index >= 15 is 0 Å². The molecule has 0 saturated carbocycles. The van der Waals surface area contributed by atoms with Crippen LogP contribution in [0.4, 0.5) is 0 Å². The van der Waals surface area contributed by atoms with Crippen molar-refractivity contribution in [3.63, 3.8) is 0 Å². The van der Waals surface area contributed by atoms with Crippen molar-refractivity contribution in [1.82, 2.24) is 0 Å². The zero-order valence-corrected chi connectivity index (χ0v) is 12.9. The summed E-state index contributed by atoms with van der Waals surface area (Å²) in [4.78, 5) is 24.6. The van der Waals surface area contributed by atoms with Gasteiger partial charge in [0.25, 0.3) is 0 Å². The van der Waals surface area contributed by atoms with E-state index in [0.29, 0.717) is 26.2 Å². The average Bonchev–Trinajstić information content (AvgIpc) is 2.70. The molecule has 0 amide bonds. The molecule has 3 nitrogen and oxygen atoms in total. The van der Waals surface area contributed by atoms with Crippen LogP contribution in [-0.4, -0.2) is 16.7 Å². The highest BCUT2D eigenvalue weighted by Crippen LogP contribution is 2.35. The summed E-state index contributed by atoms with van der Waals surface area (Å²) in [6, 6.07) is 9.68. The molecule has 0 unspecified atom stereocenters. The molecule has 5 heteroatoms. The number of hydrogen-bond donors (Lipinski definition) is 1. The minimum absolute atomic E-state index is 0.0284. The zero-order valence-electron chi connectivity index (χ0n) is 10.6. The van der Waals surface area contributed by atoms with Crippen LogP contribution in [0, 0.1) is 0 Å². The number of phenols is 1. The molecule has 2 aromatic carbocycles. The second-order valence-corrected chi connectivity index (χ2v) is 5.88. The first-order valence-corrected chi connectivity index (χ1v) is 7.24. The Morgan fingerprint density at radius 1 is 1.05 bits per heavy atom. The van der Waals surface area contributed by atoms with E-state index in [4.69, 9.17) is 11.6 Å². The number of phenolic OH excluding ortho intramolecular Hbond substituents is 1. The first-order chi connectivity index (χ1) is 9.99. The van der Waals surface area contributed by atoms with E-state index < -0.39 is 0 Å². The minimum atomic E-state index is -0.342. The second kappa shape index (κ2) is 5.13. The van der Waals surface area contributed by atoms with Crippen molar-refractivity contribution in [3.05, 3.63) is 68.2 Å². The van der Waals surface area contributed by atoms with Crippen molar-refractivity contribution >= 4 is 45.2 Å². The number of Topliss-reactive ketones (excluding diaryl/α,β-unsaturated/α-hetero) is 2. The third-order valence-electron chi connectivity index (χ3n) is 3.26. The number of benzene rings is 2. The van der Waals surface area contributed by atoms with Crippen LogP contribution < -0.4 is 0 Å². The first kappa shape index (κ1) is 14.0.